The zero-order valence-electron chi connectivity index (χ0n) is 15.8. The van der Waals surface area contributed by atoms with Crippen molar-refractivity contribution in [3.05, 3.63) is 60.2 Å². The largest absolute Gasteiger partial charge is 0.336 e. The minimum Gasteiger partial charge on any atom is -0.336 e. The van der Waals surface area contributed by atoms with Gasteiger partial charge in [0.1, 0.15) is 6.54 Å². The van der Waals surface area contributed by atoms with Crippen LogP contribution in [0.4, 0.5) is 11.4 Å². The van der Waals surface area contributed by atoms with Gasteiger partial charge in [0.2, 0.25) is 5.91 Å². The van der Waals surface area contributed by atoms with Gasteiger partial charge in [0.05, 0.1) is 0 Å². The molecule has 29 heavy (non-hydrogen) atoms. The van der Waals surface area contributed by atoms with E-state index in [1.807, 2.05) is 59.5 Å². The van der Waals surface area contributed by atoms with Crippen LogP contribution in [0.15, 0.2) is 54.6 Å². The molecule has 8 nitrogen and oxygen atoms in total. The van der Waals surface area contributed by atoms with Gasteiger partial charge in [-0.1, -0.05) is 36.4 Å². The summed E-state index contributed by atoms with van der Waals surface area (Å²) in [5, 5.41) is 1.16. The van der Waals surface area contributed by atoms with Crippen LogP contribution in [-0.2, 0) is 20.8 Å². The van der Waals surface area contributed by atoms with Crippen LogP contribution in [0.3, 0.4) is 0 Å². The number of amides is 3. The molecule has 5 rings (SSSR count). The normalized spacial score (nSPS) is 20.9. The maximum absolute atomic E-state index is 12.9. The molecule has 3 amide bonds. The standard InChI is InChI=1S/C21H21N5O3/c27-18(24-11-10-15-6-4-5-9-17(15)24)14-26-20(29)19(28)25-13-12-23(21(25)22-26)16-7-2-1-3-8-16/h1-9,21-22H,10-14H2. The lowest BCUT2D eigenvalue weighted by atomic mass is 10.2. The molecule has 1 N–H and O–H groups in total. The second-order valence-corrected chi connectivity index (χ2v) is 7.35. The zero-order chi connectivity index (χ0) is 20.0. The van der Waals surface area contributed by atoms with Crippen LogP contribution < -0.4 is 15.2 Å². The smallest absolute Gasteiger partial charge is 0.326 e. The van der Waals surface area contributed by atoms with E-state index in [1.165, 1.54) is 4.90 Å². The van der Waals surface area contributed by atoms with Crippen molar-refractivity contribution in [2.45, 2.75) is 12.7 Å². The number of hydrazine groups is 1. The minimum atomic E-state index is -0.697. The van der Waals surface area contributed by atoms with E-state index in [2.05, 4.69) is 5.43 Å². The third kappa shape index (κ3) is 2.92. The molecule has 3 aliphatic heterocycles. The van der Waals surface area contributed by atoms with Gasteiger partial charge in [-0.15, -0.1) is 0 Å². The van der Waals surface area contributed by atoms with E-state index < -0.39 is 18.1 Å². The number of hydrogen-bond donors (Lipinski definition) is 1. The first-order chi connectivity index (χ1) is 14.1. The van der Waals surface area contributed by atoms with Crippen molar-refractivity contribution in [2.75, 3.05) is 36.0 Å². The lowest BCUT2D eigenvalue weighted by Gasteiger charge is -2.40. The zero-order valence-corrected chi connectivity index (χ0v) is 15.8. The van der Waals surface area contributed by atoms with Crippen molar-refractivity contribution in [1.29, 1.82) is 0 Å². The van der Waals surface area contributed by atoms with Crippen LogP contribution in [0, 0.1) is 0 Å². The molecule has 3 aliphatic rings. The minimum absolute atomic E-state index is 0.189. The van der Waals surface area contributed by atoms with E-state index in [-0.39, 0.29) is 12.5 Å². The predicted octanol–water partition coefficient (Wildman–Crippen LogP) is 0.555. The summed E-state index contributed by atoms with van der Waals surface area (Å²) in [6, 6.07) is 17.5. The third-order valence-corrected chi connectivity index (χ3v) is 5.70. The summed E-state index contributed by atoms with van der Waals surface area (Å²) in [5.41, 5.74) is 6.04. The molecule has 148 valence electrons. The van der Waals surface area contributed by atoms with Gasteiger partial charge in [-0.2, -0.15) is 5.43 Å². The summed E-state index contributed by atoms with van der Waals surface area (Å²) in [6.45, 7) is 1.46. The average Bonchev–Trinajstić information content (AvgIpc) is 3.37. The summed E-state index contributed by atoms with van der Waals surface area (Å²) in [6.07, 6.45) is 0.307. The molecule has 3 heterocycles. The Bertz CT molecular complexity index is 979. The van der Waals surface area contributed by atoms with E-state index >= 15 is 0 Å². The summed E-state index contributed by atoms with van der Waals surface area (Å²) >= 11 is 0. The molecular formula is C21H21N5O3. The number of carbonyl (C=O) groups is 3. The van der Waals surface area contributed by atoms with E-state index in [1.54, 1.807) is 4.90 Å². The predicted molar refractivity (Wildman–Crippen MR) is 107 cm³/mol. The fourth-order valence-corrected chi connectivity index (χ4v) is 4.24. The molecule has 1 atom stereocenters. The number of anilines is 2. The van der Waals surface area contributed by atoms with Crippen LogP contribution in [-0.4, -0.2) is 60.1 Å². The fourth-order valence-electron chi connectivity index (χ4n) is 4.24. The van der Waals surface area contributed by atoms with Gasteiger partial charge in [0.15, 0.2) is 6.29 Å². The second kappa shape index (κ2) is 6.89. The van der Waals surface area contributed by atoms with Gasteiger partial charge in [0.25, 0.3) is 0 Å². The number of carbonyl (C=O) groups excluding carboxylic acids is 3. The molecule has 0 bridgehead atoms. The van der Waals surface area contributed by atoms with Crippen molar-refractivity contribution in [3.63, 3.8) is 0 Å². The second-order valence-electron chi connectivity index (χ2n) is 7.35. The van der Waals surface area contributed by atoms with Gasteiger partial charge >= 0.3 is 11.8 Å². The third-order valence-electron chi connectivity index (χ3n) is 5.70. The van der Waals surface area contributed by atoms with Crippen LogP contribution in [0.5, 0.6) is 0 Å². The lowest BCUT2D eigenvalue weighted by molar-refractivity contribution is -0.163. The molecule has 8 heteroatoms. The van der Waals surface area contributed by atoms with Gasteiger partial charge in [-0.05, 0) is 30.2 Å². The number of nitrogens with zero attached hydrogens (tertiary/aromatic N) is 4. The monoisotopic (exact) mass is 391 g/mol. The van der Waals surface area contributed by atoms with Gasteiger partial charge < -0.3 is 9.80 Å². The van der Waals surface area contributed by atoms with Crippen molar-refractivity contribution in [3.8, 4) is 0 Å². The highest BCUT2D eigenvalue weighted by Crippen LogP contribution is 2.28. The molecule has 2 saturated heterocycles. The first-order valence-corrected chi connectivity index (χ1v) is 9.72. The maximum atomic E-state index is 12.9. The average molecular weight is 391 g/mol. The highest BCUT2D eigenvalue weighted by molar-refractivity contribution is 6.35. The number of para-hydroxylation sites is 2. The van der Waals surface area contributed by atoms with Crippen LogP contribution >= 0.6 is 0 Å². The highest BCUT2D eigenvalue weighted by Gasteiger charge is 2.46. The van der Waals surface area contributed by atoms with Crippen molar-refractivity contribution in [2.24, 2.45) is 0 Å². The summed E-state index contributed by atoms with van der Waals surface area (Å²) in [7, 11) is 0. The van der Waals surface area contributed by atoms with E-state index in [0.717, 1.165) is 28.4 Å². The molecular weight excluding hydrogens is 370 g/mol. The molecule has 2 fully saturated rings. The first-order valence-electron chi connectivity index (χ1n) is 9.72. The molecule has 2 aromatic carbocycles. The van der Waals surface area contributed by atoms with Crippen molar-refractivity contribution < 1.29 is 14.4 Å². The molecule has 0 saturated carbocycles. The summed E-state index contributed by atoms with van der Waals surface area (Å²) in [5.74, 6) is -1.49. The van der Waals surface area contributed by atoms with Crippen molar-refractivity contribution in [1.82, 2.24) is 15.3 Å². The highest BCUT2D eigenvalue weighted by atomic mass is 16.2. The summed E-state index contributed by atoms with van der Waals surface area (Å²) in [4.78, 5) is 43.4. The Morgan fingerprint density at radius 2 is 1.62 bits per heavy atom. The number of benzene rings is 2. The molecule has 2 aromatic rings. The Balaban J connectivity index is 1.35. The molecule has 0 radical (unpaired) electrons. The Hall–Kier alpha value is -3.39. The topological polar surface area (TPSA) is 76.2 Å². The van der Waals surface area contributed by atoms with Gasteiger partial charge in [-0.3, -0.25) is 24.3 Å². The number of hydrogen-bond acceptors (Lipinski definition) is 5. The quantitative estimate of drug-likeness (QED) is 0.774. The Kier molecular flexibility index (Phi) is 4.21. The SMILES string of the molecule is O=C1C(=O)N2CCN(c3ccccc3)C2NN1CC(=O)N1CCc2ccccc21. The van der Waals surface area contributed by atoms with Gasteiger partial charge in [-0.25, -0.2) is 0 Å². The fraction of sp³-hybridized carbons (Fsp3) is 0.286. The van der Waals surface area contributed by atoms with Crippen LogP contribution in [0.2, 0.25) is 0 Å². The molecule has 0 aliphatic carbocycles. The van der Waals surface area contributed by atoms with E-state index in [4.69, 9.17) is 0 Å². The van der Waals surface area contributed by atoms with E-state index in [9.17, 15) is 14.4 Å². The molecule has 0 aromatic heterocycles. The molecule has 1 unspecified atom stereocenters. The number of fused-ring (bicyclic) bond motifs is 2. The van der Waals surface area contributed by atoms with Crippen molar-refractivity contribution >= 4 is 29.1 Å². The Morgan fingerprint density at radius 3 is 2.45 bits per heavy atom. The van der Waals surface area contributed by atoms with Gasteiger partial charge in [0, 0.05) is 31.0 Å². The van der Waals surface area contributed by atoms with Crippen LogP contribution in [0.1, 0.15) is 5.56 Å². The Morgan fingerprint density at radius 1 is 0.897 bits per heavy atom. The Labute approximate surface area is 168 Å². The summed E-state index contributed by atoms with van der Waals surface area (Å²) < 4.78 is 0. The van der Waals surface area contributed by atoms with Crippen LogP contribution in [0.25, 0.3) is 0 Å². The van der Waals surface area contributed by atoms with E-state index in [0.29, 0.717) is 19.6 Å². The lowest BCUT2D eigenvalue weighted by Crippen LogP contribution is -2.68. The number of nitrogens with one attached hydrogen (secondary N) is 1. The maximum Gasteiger partial charge on any atom is 0.326 e. The number of rotatable bonds is 3. The molecule has 0 spiro atoms. The first kappa shape index (κ1) is 17.7.